The number of aromatic nitrogens is 2. The van der Waals surface area contributed by atoms with Crippen LogP contribution in [0.15, 0.2) is 48.7 Å². The van der Waals surface area contributed by atoms with Gasteiger partial charge in [-0.1, -0.05) is 18.2 Å². The van der Waals surface area contributed by atoms with Crippen LogP contribution in [0.2, 0.25) is 0 Å². The van der Waals surface area contributed by atoms with Gasteiger partial charge < -0.3 is 10.3 Å². The molecular weight excluding hydrogens is 238 g/mol. The molecule has 2 heterocycles. The van der Waals surface area contributed by atoms with E-state index in [1.807, 2.05) is 37.3 Å². The van der Waals surface area contributed by atoms with Crippen LogP contribution in [0, 0.1) is 6.92 Å². The SMILES string of the molecule is Cc1ccc2cccc(NC(=O)c3ccc[nH]3)c2n1. The molecule has 3 rings (SSSR count). The van der Waals surface area contributed by atoms with Crippen LogP contribution in [0.25, 0.3) is 10.9 Å². The number of aryl methyl sites for hydroxylation is 1. The van der Waals surface area contributed by atoms with Crippen molar-refractivity contribution in [2.75, 3.05) is 5.32 Å². The number of pyridine rings is 1. The first-order valence-corrected chi connectivity index (χ1v) is 6.05. The summed E-state index contributed by atoms with van der Waals surface area (Å²) in [5, 5.41) is 3.89. The summed E-state index contributed by atoms with van der Waals surface area (Å²) in [6.45, 7) is 1.93. The fourth-order valence-electron chi connectivity index (χ4n) is 2.01. The first-order valence-electron chi connectivity index (χ1n) is 6.05. The van der Waals surface area contributed by atoms with Crippen molar-refractivity contribution in [2.24, 2.45) is 0 Å². The van der Waals surface area contributed by atoms with Crippen LogP contribution in [0.5, 0.6) is 0 Å². The molecule has 2 aromatic heterocycles. The van der Waals surface area contributed by atoms with E-state index in [0.717, 1.165) is 22.3 Å². The lowest BCUT2D eigenvalue weighted by atomic mass is 10.1. The van der Waals surface area contributed by atoms with E-state index in [0.29, 0.717) is 5.69 Å². The molecule has 0 aliphatic heterocycles. The van der Waals surface area contributed by atoms with Gasteiger partial charge in [-0.3, -0.25) is 9.78 Å². The van der Waals surface area contributed by atoms with Gasteiger partial charge in [0.15, 0.2) is 0 Å². The molecule has 0 saturated carbocycles. The average molecular weight is 251 g/mol. The zero-order valence-electron chi connectivity index (χ0n) is 10.5. The summed E-state index contributed by atoms with van der Waals surface area (Å²) in [4.78, 5) is 19.4. The minimum Gasteiger partial charge on any atom is -0.357 e. The van der Waals surface area contributed by atoms with Crippen LogP contribution in [-0.2, 0) is 0 Å². The number of anilines is 1. The highest BCUT2D eigenvalue weighted by molar-refractivity contribution is 6.07. The molecule has 1 aromatic carbocycles. The summed E-state index contributed by atoms with van der Waals surface area (Å²) in [7, 11) is 0. The first-order chi connectivity index (χ1) is 9.24. The Morgan fingerprint density at radius 3 is 2.84 bits per heavy atom. The molecule has 19 heavy (non-hydrogen) atoms. The second kappa shape index (κ2) is 4.57. The maximum atomic E-state index is 12.0. The molecule has 1 amide bonds. The summed E-state index contributed by atoms with van der Waals surface area (Å²) in [5.74, 6) is -0.166. The van der Waals surface area contributed by atoms with Crippen LogP contribution in [0.4, 0.5) is 5.69 Å². The summed E-state index contributed by atoms with van der Waals surface area (Å²) >= 11 is 0. The number of amides is 1. The van der Waals surface area contributed by atoms with Gasteiger partial charge in [-0.25, -0.2) is 0 Å². The molecule has 0 bridgehead atoms. The van der Waals surface area contributed by atoms with E-state index in [-0.39, 0.29) is 5.91 Å². The van der Waals surface area contributed by atoms with Crippen LogP contribution in [0.3, 0.4) is 0 Å². The predicted molar refractivity (Wildman–Crippen MR) is 75.2 cm³/mol. The Morgan fingerprint density at radius 2 is 2.05 bits per heavy atom. The number of nitrogens with one attached hydrogen (secondary N) is 2. The molecule has 4 nitrogen and oxygen atoms in total. The molecule has 94 valence electrons. The number of H-pyrrole nitrogens is 1. The van der Waals surface area contributed by atoms with Crippen molar-refractivity contribution in [3.8, 4) is 0 Å². The van der Waals surface area contributed by atoms with E-state index in [4.69, 9.17) is 0 Å². The van der Waals surface area contributed by atoms with E-state index in [9.17, 15) is 4.79 Å². The molecule has 0 fully saturated rings. The minimum atomic E-state index is -0.166. The average Bonchev–Trinajstić information content (AvgIpc) is 2.93. The largest absolute Gasteiger partial charge is 0.357 e. The van der Waals surface area contributed by atoms with Gasteiger partial charge in [-0.05, 0) is 31.2 Å². The Balaban J connectivity index is 2.01. The lowest BCUT2D eigenvalue weighted by Gasteiger charge is -2.07. The Kier molecular flexibility index (Phi) is 2.76. The predicted octanol–water partition coefficient (Wildman–Crippen LogP) is 3.12. The highest BCUT2D eigenvalue weighted by atomic mass is 16.1. The normalized spacial score (nSPS) is 10.6. The van der Waals surface area contributed by atoms with Crippen molar-refractivity contribution in [3.63, 3.8) is 0 Å². The molecule has 0 aliphatic rings. The fraction of sp³-hybridized carbons (Fsp3) is 0.0667. The second-order valence-corrected chi connectivity index (χ2v) is 4.37. The maximum Gasteiger partial charge on any atom is 0.272 e. The number of hydrogen-bond donors (Lipinski definition) is 2. The number of rotatable bonds is 2. The number of carbonyl (C=O) groups excluding carboxylic acids is 1. The smallest absolute Gasteiger partial charge is 0.272 e. The third-order valence-electron chi connectivity index (χ3n) is 2.95. The van der Waals surface area contributed by atoms with Gasteiger partial charge in [0, 0.05) is 17.3 Å². The monoisotopic (exact) mass is 251 g/mol. The highest BCUT2D eigenvalue weighted by Gasteiger charge is 2.09. The number of hydrogen-bond acceptors (Lipinski definition) is 2. The van der Waals surface area contributed by atoms with Gasteiger partial charge in [0.05, 0.1) is 11.2 Å². The molecule has 4 heteroatoms. The topological polar surface area (TPSA) is 57.8 Å². The maximum absolute atomic E-state index is 12.0. The molecule has 0 spiro atoms. The Labute approximate surface area is 110 Å². The van der Waals surface area contributed by atoms with Crippen LogP contribution in [-0.4, -0.2) is 15.9 Å². The summed E-state index contributed by atoms with van der Waals surface area (Å²) < 4.78 is 0. The van der Waals surface area contributed by atoms with Gasteiger partial charge in [0.25, 0.3) is 5.91 Å². The van der Waals surface area contributed by atoms with Gasteiger partial charge >= 0.3 is 0 Å². The number of aromatic amines is 1. The third-order valence-corrected chi connectivity index (χ3v) is 2.95. The molecule has 0 radical (unpaired) electrons. The molecule has 0 unspecified atom stereocenters. The van der Waals surface area contributed by atoms with Crippen molar-refractivity contribution in [2.45, 2.75) is 6.92 Å². The summed E-state index contributed by atoms with van der Waals surface area (Å²) in [6, 6.07) is 13.2. The van der Waals surface area contributed by atoms with Gasteiger partial charge in [0.2, 0.25) is 0 Å². The Bertz CT molecular complexity index is 732. The Morgan fingerprint density at radius 1 is 1.16 bits per heavy atom. The second-order valence-electron chi connectivity index (χ2n) is 4.37. The van der Waals surface area contributed by atoms with Crippen molar-refractivity contribution in [1.82, 2.24) is 9.97 Å². The van der Waals surface area contributed by atoms with Gasteiger partial charge in [-0.2, -0.15) is 0 Å². The van der Waals surface area contributed by atoms with Crippen LogP contribution in [0.1, 0.15) is 16.2 Å². The van der Waals surface area contributed by atoms with Crippen molar-refractivity contribution >= 4 is 22.5 Å². The minimum absolute atomic E-state index is 0.166. The third kappa shape index (κ3) is 2.20. The standard InChI is InChI=1S/C15H13N3O/c1-10-7-8-11-4-2-5-12(14(11)17-10)18-15(19)13-6-3-9-16-13/h2-9,16H,1H3,(H,18,19). The van der Waals surface area contributed by atoms with Crippen molar-refractivity contribution in [1.29, 1.82) is 0 Å². The lowest BCUT2D eigenvalue weighted by Crippen LogP contribution is -2.12. The number of nitrogens with zero attached hydrogens (tertiary/aromatic N) is 1. The summed E-state index contributed by atoms with van der Waals surface area (Å²) in [5.41, 5.74) is 2.99. The molecule has 0 atom stereocenters. The zero-order valence-corrected chi connectivity index (χ0v) is 10.5. The molecule has 0 saturated heterocycles. The van der Waals surface area contributed by atoms with Crippen molar-refractivity contribution < 1.29 is 4.79 Å². The van der Waals surface area contributed by atoms with Gasteiger partial charge in [-0.15, -0.1) is 0 Å². The van der Waals surface area contributed by atoms with Crippen LogP contribution >= 0.6 is 0 Å². The molecule has 2 N–H and O–H groups in total. The van der Waals surface area contributed by atoms with Gasteiger partial charge in [0.1, 0.15) is 5.69 Å². The number of benzene rings is 1. The van der Waals surface area contributed by atoms with E-state index < -0.39 is 0 Å². The lowest BCUT2D eigenvalue weighted by molar-refractivity contribution is 0.102. The van der Waals surface area contributed by atoms with E-state index >= 15 is 0 Å². The van der Waals surface area contributed by atoms with E-state index in [2.05, 4.69) is 15.3 Å². The number of para-hydroxylation sites is 1. The molecular formula is C15H13N3O. The van der Waals surface area contributed by atoms with E-state index in [1.165, 1.54) is 0 Å². The van der Waals surface area contributed by atoms with Crippen molar-refractivity contribution in [3.05, 3.63) is 60.0 Å². The first kappa shape index (κ1) is 11.5. The Hall–Kier alpha value is -2.62. The highest BCUT2D eigenvalue weighted by Crippen LogP contribution is 2.22. The summed E-state index contributed by atoms with van der Waals surface area (Å²) in [6.07, 6.45) is 1.72. The van der Waals surface area contributed by atoms with Crippen LogP contribution < -0.4 is 5.32 Å². The quantitative estimate of drug-likeness (QED) is 0.735. The molecule has 3 aromatic rings. The molecule has 0 aliphatic carbocycles. The number of fused-ring (bicyclic) bond motifs is 1. The zero-order chi connectivity index (χ0) is 13.2. The number of carbonyl (C=O) groups is 1. The van der Waals surface area contributed by atoms with E-state index in [1.54, 1.807) is 18.3 Å². The fourth-order valence-corrected chi connectivity index (χ4v) is 2.01.